The number of benzene rings is 2. The fraction of sp³-hybridized carbons (Fsp3) is 0.100. The Morgan fingerprint density at radius 2 is 1.77 bits per heavy atom. The number of carbonyl (C=O) groups is 1. The molecular weight excluding hydrogens is 350 g/mol. The molecule has 0 aliphatic rings. The normalized spacial score (nSPS) is 10.2. The highest BCUT2D eigenvalue weighted by molar-refractivity contribution is 6.30. The largest absolute Gasteiger partial charge is 0.496 e. The highest BCUT2D eigenvalue weighted by Crippen LogP contribution is 2.19. The van der Waals surface area contributed by atoms with E-state index >= 15 is 0 Å². The van der Waals surface area contributed by atoms with Gasteiger partial charge < -0.3 is 15.4 Å². The SMILES string of the molecule is COc1ccccc1CNC(=O)c1ccc(Nc2ccc(Cl)cc2)cn1. The molecule has 0 fully saturated rings. The Morgan fingerprint density at radius 1 is 1.04 bits per heavy atom. The van der Waals surface area contributed by atoms with Crippen LogP contribution >= 0.6 is 11.6 Å². The molecule has 132 valence electrons. The van der Waals surface area contributed by atoms with E-state index in [2.05, 4.69) is 15.6 Å². The molecule has 2 aromatic carbocycles. The molecule has 0 aliphatic carbocycles. The van der Waals surface area contributed by atoms with Gasteiger partial charge in [-0.3, -0.25) is 4.79 Å². The lowest BCUT2D eigenvalue weighted by Crippen LogP contribution is -2.24. The lowest BCUT2D eigenvalue weighted by Gasteiger charge is -2.10. The Morgan fingerprint density at radius 3 is 2.46 bits per heavy atom. The van der Waals surface area contributed by atoms with Crippen LogP contribution in [0.3, 0.4) is 0 Å². The Bertz CT molecular complexity index is 880. The molecule has 0 saturated heterocycles. The van der Waals surface area contributed by atoms with E-state index in [1.54, 1.807) is 37.6 Å². The van der Waals surface area contributed by atoms with Crippen molar-refractivity contribution in [1.29, 1.82) is 0 Å². The first-order valence-corrected chi connectivity index (χ1v) is 8.42. The van der Waals surface area contributed by atoms with Gasteiger partial charge in [0.2, 0.25) is 0 Å². The van der Waals surface area contributed by atoms with Gasteiger partial charge in [0.05, 0.1) is 19.0 Å². The number of para-hydroxylation sites is 1. The number of halogens is 1. The number of aromatic nitrogens is 1. The molecule has 0 radical (unpaired) electrons. The number of hydrogen-bond acceptors (Lipinski definition) is 4. The molecular formula is C20H18ClN3O2. The average molecular weight is 368 g/mol. The van der Waals surface area contributed by atoms with Gasteiger partial charge in [0.1, 0.15) is 11.4 Å². The number of methoxy groups -OCH3 is 1. The summed E-state index contributed by atoms with van der Waals surface area (Å²) in [6, 6.07) is 18.4. The molecule has 0 bridgehead atoms. The molecule has 1 aromatic heterocycles. The summed E-state index contributed by atoms with van der Waals surface area (Å²) in [5.74, 6) is 0.497. The first-order chi connectivity index (χ1) is 12.7. The van der Waals surface area contributed by atoms with Crippen molar-refractivity contribution < 1.29 is 9.53 Å². The summed E-state index contributed by atoms with van der Waals surface area (Å²) < 4.78 is 5.28. The molecule has 1 amide bonds. The number of pyridine rings is 1. The molecule has 26 heavy (non-hydrogen) atoms. The number of nitrogens with zero attached hydrogens (tertiary/aromatic N) is 1. The minimum absolute atomic E-state index is 0.242. The topological polar surface area (TPSA) is 63.2 Å². The van der Waals surface area contributed by atoms with Crippen LogP contribution in [0.2, 0.25) is 5.02 Å². The Labute approximate surface area is 157 Å². The predicted molar refractivity (Wildman–Crippen MR) is 103 cm³/mol. The highest BCUT2D eigenvalue weighted by Gasteiger charge is 2.09. The number of anilines is 2. The Balaban J connectivity index is 1.60. The molecule has 0 atom stereocenters. The summed E-state index contributed by atoms with van der Waals surface area (Å²) >= 11 is 5.87. The van der Waals surface area contributed by atoms with E-state index in [0.29, 0.717) is 17.3 Å². The van der Waals surface area contributed by atoms with Crippen molar-refractivity contribution in [2.24, 2.45) is 0 Å². The standard InChI is InChI=1S/C20H18ClN3O2/c1-26-19-5-3-2-4-14(19)12-23-20(25)18-11-10-17(13-22-18)24-16-8-6-15(21)7-9-16/h2-11,13,24H,12H2,1H3,(H,23,25). The first kappa shape index (κ1) is 17.8. The summed E-state index contributed by atoms with van der Waals surface area (Å²) in [5, 5.41) is 6.73. The molecule has 0 aliphatic heterocycles. The maximum absolute atomic E-state index is 12.3. The molecule has 3 aromatic rings. The van der Waals surface area contributed by atoms with E-state index in [4.69, 9.17) is 16.3 Å². The number of hydrogen-bond donors (Lipinski definition) is 2. The van der Waals surface area contributed by atoms with Crippen molar-refractivity contribution in [3.8, 4) is 5.75 Å². The van der Waals surface area contributed by atoms with Crippen LogP contribution in [-0.2, 0) is 6.54 Å². The van der Waals surface area contributed by atoms with E-state index in [9.17, 15) is 4.79 Å². The maximum atomic E-state index is 12.3. The number of ether oxygens (including phenoxy) is 1. The number of amides is 1. The second-order valence-electron chi connectivity index (χ2n) is 5.56. The molecule has 2 N–H and O–H groups in total. The van der Waals surface area contributed by atoms with Gasteiger partial charge in [-0.1, -0.05) is 29.8 Å². The van der Waals surface area contributed by atoms with Gasteiger partial charge in [-0.05, 0) is 42.5 Å². The lowest BCUT2D eigenvalue weighted by atomic mass is 10.2. The van der Waals surface area contributed by atoms with E-state index in [1.165, 1.54) is 0 Å². The van der Waals surface area contributed by atoms with Crippen LogP contribution in [0.1, 0.15) is 16.1 Å². The molecule has 0 spiro atoms. The van der Waals surface area contributed by atoms with E-state index in [0.717, 1.165) is 22.7 Å². The van der Waals surface area contributed by atoms with Crippen molar-refractivity contribution in [1.82, 2.24) is 10.3 Å². The van der Waals surface area contributed by atoms with Crippen LogP contribution in [0.4, 0.5) is 11.4 Å². The summed E-state index contributed by atoms with van der Waals surface area (Å²) in [7, 11) is 1.61. The van der Waals surface area contributed by atoms with Gasteiger partial charge in [-0.25, -0.2) is 4.98 Å². The monoisotopic (exact) mass is 367 g/mol. The van der Waals surface area contributed by atoms with E-state index in [1.807, 2.05) is 36.4 Å². The second kappa shape index (κ2) is 8.36. The van der Waals surface area contributed by atoms with Crippen molar-refractivity contribution in [2.75, 3.05) is 12.4 Å². The third kappa shape index (κ3) is 4.52. The molecule has 0 saturated carbocycles. The van der Waals surface area contributed by atoms with Gasteiger partial charge in [-0.15, -0.1) is 0 Å². The predicted octanol–water partition coefficient (Wildman–Crippen LogP) is 4.42. The summed E-state index contributed by atoms with van der Waals surface area (Å²) in [6.45, 7) is 0.370. The third-order valence-corrected chi connectivity index (χ3v) is 4.01. The van der Waals surface area contributed by atoms with Crippen LogP contribution in [0.5, 0.6) is 5.75 Å². The van der Waals surface area contributed by atoms with Gasteiger partial charge in [-0.2, -0.15) is 0 Å². The number of rotatable bonds is 6. The highest BCUT2D eigenvalue weighted by atomic mass is 35.5. The quantitative estimate of drug-likeness (QED) is 0.677. The van der Waals surface area contributed by atoms with Gasteiger partial charge >= 0.3 is 0 Å². The fourth-order valence-corrected chi connectivity index (χ4v) is 2.54. The first-order valence-electron chi connectivity index (χ1n) is 8.04. The minimum atomic E-state index is -0.242. The van der Waals surface area contributed by atoms with Crippen molar-refractivity contribution in [2.45, 2.75) is 6.54 Å². The van der Waals surface area contributed by atoms with Crippen LogP contribution in [0.25, 0.3) is 0 Å². The zero-order valence-corrected chi connectivity index (χ0v) is 15.0. The zero-order valence-electron chi connectivity index (χ0n) is 14.2. The summed E-state index contributed by atoms with van der Waals surface area (Å²) in [4.78, 5) is 16.5. The van der Waals surface area contributed by atoms with Crippen LogP contribution in [0.15, 0.2) is 66.9 Å². The fourth-order valence-electron chi connectivity index (χ4n) is 2.42. The van der Waals surface area contributed by atoms with Crippen LogP contribution < -0.4 is 15.4 Å². The zero-order chi connectivity index (χ0) is 18.4. The van der Waals surface area contributed by atoms with Gasteiger partial charge in [0, 0.05) is 22.8 Å². The number of nitrogens with one attached hydrogen (secondary N) is 2. The lowest BCUT2D eigenvalue weighted by molar-refractivity contribution is 0.0946. The Hall–Kier alpha value is -3.05. The molecule has 0 unspecified atom stereocenters. The Kier molecular flexibility index (Phi) is 5.71. The summed E-state index contributed by atoms with van der Waals surface area (Å²) in [5.41, 5.74) is 2.93. The third-order valence-electron chi connectivity index (χ3n) is 3.76. The van der Waals surface area contributed by atoms with E-state index < -0.39 is 0 Å². The summed E-state index contributed by atoms with van der Waals surface area (Å²) in [6.07, 6.45) is 1.62. The molecule has 6 heteroatoms. The van der Waals surface area contributed by atoms with Crippen molar-refractivity contribution in [3.63, 3.8) is 0 Å². The second-order valence-corrected chi connectivity index (χ2v) is 5.99. The van der Waals surface area contributed by atoms with E-state index in [-0.39, 0.29) is 5.91 Å². The van der Waals surface area contributed by atoms with Gasteiger partial charge in [0.15, 0.2) is 0 Å². The smallest absolute Gasteiger partial charge is 0.270 e. The molecule has 3 rings (SSSR count). The van der Waals surface area contributed by atoms with Crippen molar-refractivity contribution in [3.05, 3.63) is 83.1 Å². The minimum Gasteiger partial charge on any atom is -0.496 e. The van der Waals surface area contributed by atoms with Crippen LogP contribution in [-0.4, -0.2) is 18.0 Å². The van der Waals surface area contributed by atoms with Crippen LogP contribution in [0, 0.1) is 0 Å². The molecule has 5 nitrogen and oxygen atoms in total. The van der Waals surface area contributed by atoms with Crippen molar-refractivity contribution >= 4 is 28.9 Å². The maximum Gasteiger partial charge on any atom is 0.270 e. The van der Waals surface area contributed by atoms with Gasteiger partial charge in [0.25, 0.3) is 5.91 Å². The number of carbonyl (C=O) groups excluding carboxylic acids is 1. The average Bonchev–Trinajstić information content (AvgIpc) is 2.68. The molecule has 1 heterocycles.